The first kappa shape index (κ1) is 23.7. The third-order valence-electron chi connectivity index (χ3n) is 4.16. The second kappa shape index (κ2) is 11.0. The number of unbranched alkanes of at least 4 members (excludes halogenated alkanes) is 1. The van der Waals surface area contributed by atoms with Crippen LogP contribution in [0.15, 0.2) is 24.3 Å². The number of halogens is 1. The van der Waals surface area contributed by atoms with Gasteiger partial charge < -0.3 is 20.7 Å². The molecule has 0 spiro atoms. The van der Waals surface area contributed by atoms with Gasteiger partial charge in [-0.15, -0.1) is 0 Å². The highest BCUT2D eigenvalue weighted by atomic mass is 35.5. The van der Waals surface area contributed by atoms with E-state index in [-0.39, 0.29) is 11.1 Å². The number of para-hydroxylation sites is 1. The van der Waals surface area contributed by atoms with Gasteiger partial charge in [0.05, 0.1) is 11.2 Å². The number of carbonyl (C=O) groups excluding carboxylic acids is 2. The van der Waals surface area contributed by atoms with Crippen LogP contribution in [0.4, 0.5) is 16.2 Å². The number of ether oxygens (including phenoxy) is 1. The van der Waals surface area contributed by atoms with Gasteiger partial charge in [0.25, 0.3) is 0 Å². The molecule has 0 atom stereocenters. The summed E-state index contributed by atoms with van der Waals surface area (Å²) in [5, 5.41) is 10.2. The molecular formula is C22H31ClN4O3. The number of benzene rings is 1. The van der Waals surface area contributed by atoms with Crippen molar-refractivity contribution in [3.8, 4) is 0 Å². The van der Waals surface area contributed by atoms with Crippen molar-refractivity contribution in [1.29, 1.82) is 0 Å². The smallest absolute Gasteiger partial charge is 0.407 e. The predicted octanol–water partition coefficient (Wildman–Crippen LogP) is 5.34. The molecule has 0 saturated heterocycles. The number of nitrogens with zero attached hydrogens (tertiary/aromatic N) is 1. The predicted molar refractivity (Wildman–Crippen MR) is 122 cm³/mol. The summed E-state index contributed by atoms with van der Waals surface area (Å²) in [7, 11) is 0. The largest absolute Gasteiger partial charge is 0.444 e. The van der Waals surface area contributed by atoms with Crippen molar-refractivity contribution in [3.05, 3.63) is 29.4 Å². The van der Waals surface area contributed by atoms with E-state index in [1.807, 2.05) is 52.0 Å². The molecule has 1 heterocycles. The number of pyridine rings is 1. The molecule has 0 aliphatic rings. The summed E-state index contributed by atoms with van der Waals surface area (Å²) >= 11 is 6.38. The Bertz CT molecular complexity index is 881. The first-order valence-electron chi connectivity index (χ1n) is 10.3. The van der Waals surface area contributed by atoms with Crippen molar-refractivity contribution in [2.45, 2.75) is 59.0 Å². The van der Waals surface area contributed by atoms with E-state index in [2.05, 4.69) is 20.9 Å². The van der Waals surface area contributed by atoms with Crippen molar-refractivity contribution in [2.75, 3.05) is 23.7 Å². The van der Waals surface area contributed by atoms with Gasteiger partial charge in [-0.3, -0.25) is 4.79 Å². The lowest BCUT2D eigenvalue weighted by Crippen LogP contribution is -2.33. The number of hydrogen-bond donors (Lipinski definition) is 3. The van der Waals surface area contributed by atoms with Gasteiger partial charge in [0.15, 0.2) is 5.15 Å². The standard InChI is InChI=1S/C22H31ClN4O3/c1-5-10-17(28)27-19-18(15-11-6-7-12-16(15)26-20(19)23)24-13-8-9-14-25-21(29)30-22(2,3)4/h6-7,11-12H,5,8-10,13-14H2,1-4H3,(H,24,26)(H,25,29)(H,27,28). The van der Waals surface area contributed by atoms with Crippen LogP contribution >= 0.6 is 11.6 Å². The van der Waals surface area contributed by atoms with Crippen LogP contribution in [-0.2, 0) is 9.53 Å². The molecule has 0 radical (unpaired) electrons. The number of fused-ring (bicyclic) bond motifs is 1. The van der Waals surface area contributed by atoms with Crippen LogP contribution in [0.25, 0.3) is 10.9 Å². The SMILES string of the molecule is CCCC(=O)Nc1c(Cl)nc2ccccc2c1NCCCCNC(=O)OC(C)(C)C. The average molecular weight is 435 g/mol. The maximum Gasteiger partial charge on any atom is 0.407 e. The van der Waals surface area contributed by atoms with Crippen LogP contribution in [0, 0.1) is 0 Å². The highest BCUT2D eigenvalue weighted by Gasteiger charge is 2.17. The molecule has 164 valence electrons. The van der Waals surface area contributed by atoms with Crippen LogP contribution < -0.4 is 16.0 Å². The van der Waals surface area contributed by atoms with Crippen LogP contribution in [0.2, 0.25) is 5.15 Å². The molecular weight excluding hydrogens is 404 g/mol. The summed E-state index contributed by atoms with van der Waals surface area (Å²) < 4.78 is 5.22. The number of nitrogens with one attached hydrogen (secondary N) is 3. The molecule has 2 rings (SSSR count). The fraction of sp³-hybridized carbons (Fsp3) is 0.500. The van der Waals surface area contributed by atoms with E-state index in [1.54, 1.807) is 0 Å². The van der Waals surface area contributed by atoms with Gasteiger partial charge in [0, 0.05) is 24.9 Å². The molecule has 0 aliphatic heterocycles. The van der Waals surface area contributed by atoms with Gasteiger partial charge in [-0.05, 0) is 46.1 Å². The molecule has 2 aromatic rings. The van der Waals surface area contributed by atoms with Crippen LogP contribution in [0.5, 0.6) is 0 Å². The lowest BCUT2D eigenvalue weighted by atomic mass is 10.1. The molecule has 3 N–H and O–H groups in total. The number of carbonyl (C=O) groups is 2. The van der Waals surface area contributed by atoms with E-state index in [1.165, 1.54) is 0 Å². The summed E-state index contributed by atoms with van der Waals surface area (Å²) in [6, 6.07) is 7.65. The van der Waals surface area contributed by atoms with E-state index in [9.17, 15) is 9.59 Å². The van der Waals surface area contributed by atoms with Crippen LogP contribution in [0.3, 0.4) is 0 Å². The minimum atomic E-state index is -0.508. The second-order valence-electron chi connectivity index (χ2n) is 8.03. The Kier molecular flexibility index (Phi) is 8.72. The van der Waals surface area contributed by atoms with E-state index in [4.69, 9.17) is 16.3 Å². The molecule has 8 heteroatoms. The van der Waals surface area contributed by atoms with Gasteiger partial charge in [-0.1, -0.05) is 36.7 Å². The van der Waals surface area contributed by atoms with E-state index in [0.29, 0.717) is 25.2 Å². The lowest BCUT2D eigenvalue weighted by Gasteiger charge is -2.19. The third-order valence-corrected chi connectivity index (χ3v) is 4.44. The maximum atomic E-state index is 12.2. The maximum absolute atomic E-state index is 12.2. The molecule has 1 aromatic carbocycles. The Morgan fingerprint density at radius 1 is 1.10 bits per heavy atom. The quantitative estimate of drug-likeness (QED) is 0.365. The Hall–Kier alpha value is -2.54. The monoisotopic (exact) mass is 434 g/mol. The van der Waals surface area contributed by atoms with Crippen molar-refractivity contribution in [2.24, 2.45) is 0 Å². The van der Waals surface area contributed by atoms with Gasteiger partial charge in [-0.2, -0.15) is 0 Å². The minimum Gasteiger partial charge on any atom is -0.444 e. The first-order valence-corrected chi connectivity index (χ1v) is 10.7. The highest BCUT2D eigenvalue weighted by Crippen LogP contribution is 2.35. The summed E-state index contributed by atoms with van der Waals surface area (Å²) in [4.78, 5) is 28.2. The highest BCUT2D eigenvalue weighted by molar-refractivity contribution is 6.34. The summed E-state index contributed by atoms with van der Waals surface area (Å²) in [5.41, 5.74) is 1.51. The molecule has 30 heavy (non-hydrogen) atoms. The summed E-state index contributed by atoms with van der Waals surface area (Å²) in [5.74, 6) is -0.0962. The summed E-state index contributed by atoms with van der Waals surface area (Å²) in [6.07, 6.45) is 2.34. The van der Waals surface area contributed by atoms with Crippen molar-refractivity contribution in [1.82, 2.24) is 10.3 Å². The Morgan fingerprint density at radius 3 is 2.50 bits per heavy atom. The number of anilines is 2. The molecule has 1 aromatic heterocycles. The molecule has 2 amide bonds. The van der Waals surface area contributed by atoms with Crippen molar-refractivity contribution < 1.29 is 14.3 Å². The van der Waals surface area contributed by atoms with Crippen molar-refractivity contribution in [3.63, 3.8) is 0 Å². The fourth-order valence-corrected chi connectivity index (χ4v) is 3.11. The molecule has 0 unspecified atom stereocenters. The first-order chi connectivity index (χ1) is 14.2. The third kappa shape index (κ3) is 7.37. The molecule has 7 nitrogen and oxygen atoms in total. The fourth-order valence-electron chi connectivity index (χ4n) is 2.88. The van der Waals surface area contributed by atoms with Crippen LogP contribution in [-0.4, -0.2) is 35.7 Å². The number of hydrogen-bond acceptors (Lipinski definition) is 5. The van der Waals surface area contributed by atoms with Crippen LogP contribution in [0.1, 0.15) is 53.4 Å². The molecule has 0 aliphatic carbocycles. The zero-order chi connectivity index (χ0) is 22.1. The van der Waals surface area contributed by atoms with E-state index in [0.717, 1.165) is 35.9 Å². The zero-order valence-electron chi connectivity index (χ0n) is 18.1. The Balaban J connectivity index is 2.00. The number of amides is 2. The topological polar surface area (TPSA) is 92.4 Å². The van der Waals surface area contributed by atoms with E-state index < -0.39 is 11.7 Å². The zero-order valence-corrected chi connectivity index (χ0v) is 18.9. The Morgan fingerprint density at radius 2 is 1.80 bits per heavy atom. The molecule has 0 fully saturated rings. The second-order valence-corrected chi connectivity index (χ2v) is 8.39. The lowest BCUT2D eigenvalue weighted by molar-refractivity contribution is -0.116. The van der Waals surface area contributed by atoms with Gasteiger partial charge >= 0.3 is 6.09 Å². The summed E-state index contributed by atoms with van der Waals surface area (Å²) in [6.45, 7) is 8.61. The van der Waals surface area contributed by atoms with Gasteiger partial charge in [-0.25, -0.2) is 9.78 Å². The van der Waals surface area contributed by atoms with Crippen molar-refractivity contribution >= 4 is 45.9 Å². The van der Waals surface area contributed by atoms with Gasteiger partial charge in [0.2, 0.25) is 5.91 Å². The van der Waals surface area contributed by atoms with E-state index >= 15 is 0 Å². The molecule has 0 saturated carbocycles. The van der Waals surface area contributed by atoms with Gasteiger partial charge in [0.1, 0.15) is 11.3 Å². The molecule has 0 bridgehead atoms. The average Bonchev–Trinajstić information content (AvgIpc) is 2.65. The number of alkyl carbamates (subject to hydrolysis) is 1. The Labute approximate surface area is 182 Å². The normalized spacial score (nSPS) is 11.2. The minimum absolute atomic E-state index is 0.0962. The number of aromatic nitrogens is 1. The number of rotatable bonds is 9.